The molecule has 0 aliphatic carbocycles. The second-order valence-corrected chi connectivity index (χ2v) is 6.86. The molecule has 2 aliphatic heterocycles. The number of carbonyl (C=O) groups excluding carboxylic acids is 3. The fourth-order valence-corrected chi connectivity index (χ4v) is 3.62. The highest BCUT2D eigenvalue weighted by atomic mass is 16.2. The molecule has 2 aliphatic rings. The van der Waals surface area contributed by atoms with E-state index < -0.39 is 23.8 Å². The number of nitrogens with zero attached hydrogens (tertiary/aromatic N) is 4. The van der Waals surface area contributed by atoms with Gasteiger partial charge in [-0.05, 0) is 31.4 Å². The summed E-state index contributed by atoms with van der Waals surface area (Å²) in [5.74, 6) is -2.07. The molecule has 3 rings (SSSR count). The summed E-state index contributed by atoms with van der Waals surface area (Å²) < 4.78 is 0. The van der Waals surface area contributed by atoms with Gasteiger partial charge in [0, 0.05) is 38.7 Å². The number of barbiturate groups is 1. The standard InChI is InChI=1S/C19H25N5O3/c1-4-14(16-17(25)22(2)19(27)23(3)18(16)26)21-24-11-6-5-9-15(24)13-8-7-10-20-12-13/h4,7-8,10,12,15-16,21H,5-6,9,11H2,1-3H3/b14-4+/t15-/m0/s1. The topological polar surface area (TPSA) is 85.8 Å². The average molecular weight is 371 g/mol. The number of allylic oxidation sites excluding steroid dienone is 1. The monoisotopic (exact) mass is 371 g/mol. The van der Waals surface area contributed by atoms with Crippen molar-refractivity contribution in [3.8, 4) is 0 Å². The Morgan fingerprint density at radius 3 is 2.48 bits per heavy atom. The van der Waals surface area contributed by atoms with Gasteiger partial charge in [-0.15, -0.1) is 0 Å². The van der Waals surface area contributed by atoms with Crippen LogP contribution in [0.1, 0.15) is 37.8 Å². The molecule has 0 saturated carbocycles. The Morgan fingerprint density at radius 2 is 1.89 bits per heavy atom. The van der Waals surface area contributed by atoms with Crippen LogP contribution in [-0.4, -0.2) is 58.3 Å². The highest BCUT2D eigenvalue weighted by Gasteiger charge is 2.45. The molecule has 2 fully saturated rings. The van der Waals surface area contributed by atoms with E-state index in [4.69, 9.17) is 0 Å². The summed E-state index contributed by atoms with van der Waals surface area (Å²) in [6.07, 6.45) is 8.39. The van der Waals surface area contributed by atoms with E-state index in [9.17, 15) is 14.4 Å². The number of hydrazine groups is 1. The molecule has 144 valence electrons. The van der Waals surface area contributed by atoms with Crippen molar-refractivity contribution in [1.29, 1.82) is 0 Å². The molecule has 27 heavy (non-hydrogen) atoms. The van der Waals surface area contributed by atoms with Crippen molar-refractivity contribution in [1.82, 2.24) is 25.2 Å². The highest BCUT2D eigenvalue weighted by molar-refractivity contribution is 6.17. The van der Waals surface area contributed by atoms with Gasteiger partial charge in [0.2, 0.25) is 11.8 Å². The zero-order valence-corrected chi connectivity index (χ0v) is 15.9. The molecule has 0 spiro atoms. The summed E-state index contributed by atoms with van der Waals surface area (Å²) in [7, 11) is 2.79. The van der Waals surface area contributed by atoms with Crippen molar-refractivity contribution in [3.05, 3.63) is 41.9 Å². The molecule has 0 bridgehead atoms. The molecule has 1 atom stereocenters. The Hall–Kier alpha value is -2.74. The predicted molar refractivity (Wildman–Crippen MR) is 98.9 cm³/mol. The number of aromatic nitrogens is 1. The SMILES string of the molecule is C/C=C(/NN1CCCC[C@H]1c1cccnc1)C1C(=O)N(C)C(=O)N(C)C1=O. The zero-order valence-electron chi connectivity index (χ0n) is 15.9. The van der Waals surface area contributed by atoms with Gasteiger partial charge in [0.25, 0.3) is 0 Å². The van der Waals surface area contributed by atoms with Gasteiger partial charge in [-0.2, -0.15) is 0 Å². The van der Waals surface area contributed by atoms with Crippen LogP contribution in [0.4, 0.5) is 4.79 Å². The van der Waals surface area contributed by atoms with Crippen LogP contribution in [0.5, 0.6) is 0 Å². The van der Waals surface area contributed by atoms with Gasteiger partial charge in [0.15, 0.2) is 5.92 Å². The van der Waals surface area contributed by atoms with Crippen molar-refractivity contribution in [2.45, 2.75) is 32.2 Å². The third-order valence-corrected chi connectivity index (χ3v) is 5.20. The minimum Gasteiger partial charge on any atom is -0.321 e. The number of amides is 4. The molecule has 3 heterocycles. The number of hydrogen-bond donors (Lipinski definition) is 1. The van der Waals surface area contributed by atoms with Crippen LogP contribution in [0.15, 0.2) is 36.3 Å². The molecule has 4 amide bonds. The van der Waals surface area contributed by atoms with Gasteiger partial charge >= 0.3 is 6.03 Å². The number of hydrogen-bond acceptors (Lipinski definition) is 6. The van der Waals surface area contributed by atoms with Crippen LogP contribution in [0.2, 0.25) is 0 Å². The predicted octanol–water partition coefficient (Wildman–Crippen LogP) is 1.68. The molecule has 8 heteroatoms. The van der Waals surface area contributed by atoms with Crippen molar-refractivity contribution >= 4 is 17.8 Å². The fourth-order valence-electron chi connectivity index (χ4n) is 3.62. The lowest BCUT2D eigenvalue weighted by molar-refractivity contribution is -0.146. The Labute approximate surface area is 158 Å². The van der Waals surface area contributed by atoms with Crippen molar-refractivity contribution < 1.29 is 14.4 Å². The van der Waals surface area contributed by atoms with Crippen LogP contribution in [0.25, 0.3) is 0 Å². The average Bonchev–Trinajstić information content (AvgIpc) is 2.71. The van der Waals surface area contributed by atoms with E-state index in [1.165, 1.54) is 14.1 Å². The van der Waals surface area contributed by atoms with Gasteiger partial charge in [-0.3, -0.25) is 24.4 Å². The first-order chi connectivity index (χ1) is 13.0. The highest BCUT2D eigenvalue weighted by Crippen LogP contribution is 2.30. The van der Waals surface area contributed by atoms with Gasteiger partial charge in [0.05, 0.1) is 6.04 Å². The third-order valence-electron chi connectivity index (χ3n) is 5.20. The van der Waals surface area contributed by atoms with Crippen LogP contribution >= 0.6 is 0 Å². The summed E-state index contributed by atoms with van der Waals surface area (Å²) in [5, 5.41) is 2.06. The quantitative estimate of drug-likeness (QED) is 0.811. The second-order valence-electron chi connectivity index (χ2n) is 6.86. The van der Waals surface area contributed by atoms with Crippen molar-refractivity contribution in [2.24, 2.45) is 5.92 Å². The number of imide groups is 2. The molecule has 1 aromatic rings. The van der Waals surface area contributed by atoms with Gasteiger partial charge < -0.3 is 5.43 Å². The molecule has 1 aromatic heterocycles. The summed E-state index contributed by atoms with van der Waals surface area (Å²) in [4.78, 5) is 43.4. The number of nitrogens with one attached hydrogen (secondary N) is 1. The van der Waals surface area contributed by atoms with E-state index >= 15 is 0 Å². The van der Waals surface area contributed by atoms with E-state index in [0.29, 0.717) is 5.70 Å². The van der Waals surface area contributed by atoms with Crippen LogP contribution in [-0.2, 0) is 9.59 Å². The van der Waals surface area contributed by atoms with E-state index in [1.54, 1.807) is 19.2 Å². The minimum atomic E-state index is -1.04. The first-order valence-corrected chi connectivity index (χ1v) is 9.14. The fraction of sp³-hybridized carbons (Fsp3) is 0.474. The zero-order chi connectivity index (χ0) is 19.6. The molecule has 1 N–H and O–H groups in total. The first kappa shape index (κ1) is 19.0. The molecule has 0 unspecified atom stereocenters. The lowest BCUT2D eigenvalue weighted by Gasteiger charge is -2.40. The summed E-state index contributed by atoms with van der Waals surface area (Å²) in [6, 6.07) is 3.43. The summed E-state index contributed by atoms with van der Waals surface area (Å²) in [5.41, 5.74) is 4.88. The maximum Gasteiger partial charge on any atom is 0.332 e. The smallest absolute Gasteiger partial charge is 0.321 e. The maximum atomic E-state index is 12.6. The van der Waals surface area contributed by atoms with E-state index in [0.717, 1.165) is 41.2 Å². The number of carbonyl (C=O) groups is 3. The summed E-state index contributed by atoms with van der Waals surface area (Å²) >= 11 is 0. The first-order valence-electron chi connectivity index (χ1n) is 9.14. The van der Waals surface area contributed by atoms with Crippen LogP contribution in [0, 0.1) is 5.92 Å². The van der Waals surface area contributed by atoms with Gasteiger partial charge in [-0.25, -0.2) is 9.80 Å². The molecule has 8 nitrogen and oxygen atoms in total. The lowest BCUT2D eigenvalue weighted by atomic mass is 9.97. The van der Waals surface area contributed by atoms with E-state index in [1.807, 2.05) is 18.3 Å². The van der Waals surface area contributed by atoms with Crippen molar-refractivity contribution in [3.63, 3.8) is 0 Å². The lowest BCUT2D eigenvalue weighted by Crippen LogP contribution is -2.59. The molecular formula is C19H25N5O3. The Bertz CT molecular complexity index is 740. The normalized spacial score (nSPS) is 23.1. The number of rotatable bonds is 4. The van der Waals surface area contributed by atoms with E-state index in [-0.39, 0.29) is 6.04 Å². The Kier molecular flexibility index (Phi) is 5.55. The van der Waals surface area contributed by atoms with E-state index in [2.05, 4.69) is 15.4 Å². The second kappa shape index (κ2) is 7.87. The number of urea groups is 1. The third kappa shape index (κ3) is 3.57. The van der Waals surface area contributed by atoms with Crippen molar-refractivity contribution in [2.75, 3.05) is 20.6 Å². The number of piperidine rings is 1. The maximum absolute atomic E-state index is 12.6. The van der Waals surface area contributed by atoms with Gasteiger partial charge in [-0.1, -0.05) is 18.6 Å². The molecule has 2 saturated heterocycles. The number of pyridine rings is 1. The minimum absolute atomic E-state index is 0.105. The van der Waals surface area contributed by atoms with Gasteiger partial charge in [0.1, 0.15) is 0 Å². The van der Waals surface area contributed by atoms with Crippen LogP contribution in [0.3, 0.4) is 0 Å². The van der Waals surface area contributed by atoms with Crippen LogP contribution < -0.4 is 5.43 Å². The molecular weight excluding hydrogens is 346 g/mol. The molecule has 0 aromatic carbocycles. The Morgan fingerprint density at radius 1 is 1.19 bits per heavy atom. The molecule has 0 radical (unpaired) electrons. The Balaban J connectivity index is 1.84. The summed E-state index contributed by atoms with van der Waals surface area (Å²) in [6.45, 7) is 2.57. The largest absolute Gasteiger partial charge is 0.332 e.